The fourth-order valence-corrected chi connectivity index (χ4v) is 5.77. The van der Waals surface area contributed by atoms with Crippen LogP contribution in [0.4, 0.5) is 5.00 Å². The zero-order valence-electron chi connectivity index (χ0n) is 16.0. The number of hydrogen-bond donors (Lipinski definition) is 1. The monoisotopic (exact) mass is 437 g/mol. The van der Waals surface area contributed by atoms with Crippen molar-refractivity contribution in [3.05, 3.63) is 34.5 Å². The van der Waals surface area contributed by atoms with E-state index in [0.29, 0.717) is 41.8 Å². The van der Waals surface area contributed by atoms with E-state index in [4.69, 9.17) is 18.7 Å². The molecule has 2 aromatic heterocycles. The van der Waals surface area contributed by atoms with Gasteiger partial charge in [0.05, 0.1) is 33.0 Å². The van der Waals surface area contributed by atoms with Crippen molar-refractivity contribution in [3.63, 3.8) is 0 Å². The highest BCUT2D eigenvalue weighted by molar-refractivity contribution is 7.93. The molecule has 0 fully saturated rings. The van der Waals surface area contributed by atoms with Gasteiger partial charge >= 0.3 is 0 Å². The van der Waals surface area contributed by atoms with E-state index < -0.39 is 10.0 Å². The van der Waals surface area contributed by atoms with Crippen molar-refractivity contribution < 1.29 is 27.2 Å². The highest BCUT2D eigenvalue weighted by Gasteiger charge is 2.29. The third-order valence-corrected chi connectivity index (χ3v) is 7.07. The van der Waals surface area contributed by atoms with Gasteiger partial charge in [-0.05, 0) is 31.0 Å². The minimum absolute atomic E-state index is 0.0327. The van der Waals surface area contributed by atoms with Gasteiger partial charge in [-0.15, -0.1) is 11.3 Å². The molecule has 11 heteroatoms. The summed E-state index contributed by atoms with van der Waals surface area (Å²) >= 11 is 1.30. The lowest BCUT2D eigenvalue weighted by molar-refractivity contribution is 0.113. The minimum Gasteiger partial charge on any atom is -0.497 e. The number of benzene rings is 1. The van der Waals surface area contributed by atoms with E-state index in [1.54, 1.807) is 19.1 Å². The largest absolute Gasteiger partial charge is 0.497 e. The maximum absolute atomic E-state index is 13.2. The second-order valence-corrected chi connectivity index (χ2v) is 9.04. The molecule has 1 N–H and O–H groups in total. The number of fused-ring (bicyclic) bond motifs is 1. The predicted molar refractivity (Wildman–Crippen MR) is 106 cm³/mol. The van der Waals surface area contributed by atoms with Crippen molar-refractivity contribution >= 4 is 26.4 Å². The van der Waals surface area contributed by atoms with Gasteiger partial charge in [-0.1, -0.05) is 5.16 Å². The van der Waals surface area contributed by atoms with Gasteiger partial charge in [-0.3, -0.25) is 4.72 Å². The van der Waals surface area contributed by atoms with Crippen molar-refractivity contribution in [2.45, 2.75) is 24.8 Å². The van der Waals surface area contributed by atoms with Gasteiger partial charge in [-0.2, -0.15) is 4.98 Å². The third-order valence-electron chi connectivity index (χ3n) is 4.45. The average Bonchev–Trinajstić information content (AvgIpc) is 3.29. The molecule has 0 unspecified atom stereocenters. The van der Waals surface area contributed by atoms with Crippen molar-refractivity contribution in [1.82, 2.24) is 10.1 Å². The normalized spacial score (nSPS) is 13.8. The molecular weight excluding hydrogens is 418 g/mol. The van der Waals surface area contributed by atoms with Crippen LogP contribution in [0.5, 0.6) is 11.5 Å². The van der Waals surface area contributed by atoms with Gasteiger partial charge in [-0.25, -0.2) is 8.42 Å². The summed E-state index contributed by atoms with van der Waals surface area (Å²) in [5, 5.41) is 4.24. The molecule has 1 aliphatic heterocycles. The maximum atomic E-state index is 13.2. The molecule has 0 radical (unpaired) electrons. The molecule has 0 spiro atoms. The van der Waals surface area contributed by atoms with Gasteiger partial charge in [0, 0.05) is 10.9 Å². The Labute approximate surface area is 171 Å². The molecule has 1 aliphatic rings. The molecule has 4 rings (SSSR count). The number of hydrogen-bond acceptors (Lipinski definition) is 9. The van der Waals surface area contributed by atoms with Crippen LogP contribution in [0.15, 0.2) is 27.6 Å². The lowest BCUT2D eigenvalue weighted by Gasteiger charge is -2.13. The van der Waals surface area contributed by atoms with Gasteiger partial charge in [0.1, 0.15) is 21.4 Å². The van der Waals surface area contributed by atoms with Crippen LogP contribution >= 0.6 is 11.3 Å². The molecule has 1 aromatic carbocycles. The predicted octanol–water partition coefficient (Wildman–Crippen LogP) is 3.00. The molecule has 0 saturated heterocycles. The molecule has 3 heterocycles. The van der Waals surface area contributed by atoms with Crippen LogP contribution in [-0.4, -0.2) is 39.4 Å². The second-order valence-electron chi connectivity index (χ2n) is 6.28. The number of aromatic nitrogens is 2. The second kappa shape index (κ2) is 7.65. The molecule has 0 bridgehead atoms. The Kier molecular flexibility index (Phi) is 5.19. The zero-order valence-corrected chi connectivity index (χ0v) is 17.6. The first-order valence-electron chi connectivity index (χ1n) is 8.70. The fourth-order valence-electron chi connectivity index (χ4n) is 3.10. The van der Waals surface area contributed by atoms with Crippen LogP contribution in [-0.2, 0) is 27.8 Å². The van der Waals surface area contributed by atoms with E-state index in [1.807, 2.05) is 0 Å². The van der Waals surface area contributed by atoms with E-state index in [9.17, 15) is 8.42 Å². The molecule has 0 saturated carbocycles. The molecular formula is C18H19N3O6S2. The van der Waals surface area contributed by atoms with Crippen molar-refractivity contribution in [2.75, 3.05) is 25.5 Å². The first-order chi connectivity index (χ1) is 13.9. The topological polar surface area (TPSA) is 113 Å². The van der Waals surface area contributed by atoms with Crippen molar-refractivity contribution in [1.29, 1.82) is 0 Å². The summed E-state index contributed by atoms with van der Waals surface area (Å²) in [7, 11) is -1.11. The third kappa shape index (κ3) is 3.68. The number of anilines is 1. The van der Waals surface area contributed by atoms with Gasteiger partial charge < -0.3 is 18.7 Å². The summed E-state index contributed by atoms with van der Waals surface area (Å²) in [6, 6.07) is 4.59. The Morgan fingerprint density at radius 3 is 2.76 bits per heavy atom. The van der Waals surface area contributed by atoms with E-state index in [0.717, 1.165) is 10.4 Å². The van der Waals surface area contributed by atoms with E-state index >= 15 is 0 Å². The smallest absolute Gasteiger partial charge is 0.266 e. The number of aryl methyl sites for hydroxylation is 1. The lowest BCUT2D eigenvalue weighted by atomic mass is 10.1. The Morgan fingerprint density at radius 2 is 2.07 bits per heavy atom. The van der Waals surface area contributed by atoms with Crippen LogP contribution < -0.4 is 14.2 Å². The number of sulfonamides is 1. The summed E-state index contributed by atoms with van der Waals surface area (Å²) in [6.07, 6.45) is 0.632. The highest BCUT2D eigenvalue weighted by Crippen LogP contribution is 2.44. The van der Waals surface area contributed by atoms with Gasteiger partial charge in [0.15, 0.2) is 5.82 Å². The van der Waals surface area contributed by atoms with E-state index in [2.05, 4.69) is 14.9 Å². The number of methoxy groups -OCH3 is 2. The first kappa shape index (κ1) is 19.7. The summed E-state index contributed by atoms with van der Waals surface area (Å²) < 4.78 is 50.4. The van der Waals surface area contributed by atoms with Crippen LogP contribution in [0.25, 0.3) is 11.5 Å². The van der Waals surface area contributed by atoms with Crippen LogP contribution in [0.2, 0.25) is 0 Å². The molecule has 3 aromatic rings. The Bertz CT molecular complexity index is 1150. The quantitative estimate of drug-likeness (QED) is 0.626. The number of nitrogens with one attached hydrogen (secondary N) is 1. The van der Waals surface area contributed by atoms with E-state index in [1.165, 1.54) is 31.6 Å². The summed E-state index contributed by atoms with van der Waals surface area (Å²) in [6.45, 7) is 2.66. The minimum atomic E-state index is -3.99. The lowest BCUT2D eigenvalue weighted by Crippen LogP contribution is -2.14. The van der Waals surface area contributed by atoms with Crippen LogP contribution in [0.3, 0.4) is 0 Å². The first-order valence-corrected chi connectivity index (χ1v) is 11.0. The van der Waals surface area contributed by atoms with Gasteiger partial charge in [0.2, 0.25) is 0 Å². The van der Waals surface area contributed by atoms with E-state index in [-0.39, 0.29) is 16.5 Å². The molecule has 0 amide bonds. The molecule has 0 aliphatic carbocycles. The number of nitrogens with zero attached hydrogens (tertiary/aromatic N) is 2. The zero-order chi connectivity index (χ0) is 20.6. The SMILES string of the molecule is COc1ccc(OC)c(S(=O)(=O)Nc2sc3c(c2-c2nc(C)no2)CCOC3)c1. The highest BCUT2D eigenvalue weighted by atomic mass is 32.2. The number of rotatable bonds is 6. The van der Waals surface area contributed by atoms with Crippen LogP contribution in [0, 0.1) is 6.92 Å². The van der Waals surface area contributed by atoms with Gasteiger partial charge in [0.25, 0.3) is 15.9 Å². The maximum Gasteiger partial charge on any atom is 0.266 e. The summed E-state index contributed by atoms with van der Waals surface area (Å²) in [5.74, 6) is 1.35. The Morgan fingerprint density at radius 1 is 1.24 bits per heavy atom. The molecule has 154 valence electrons. The molecule has 9 nitrogen and oxygen atoms in total. The standard InChI is InChI=1S/C18H19N3O6S2/c1-10-19-17(27-20-10)16-12-6-7-26-9-14(12)28-18(16)21-29(22,23)15-8-11(24-2)4-5-13(15)25-3/h4-5,8,21H,6-7,9H2,1-3H3. The summed E-state index contributed by atoms with van der Waals surface area (Å²) in [5.41, 5.74) is 1.56. The van der Waals surface area contributed by atoms with Crippen molar-refractivity contribution in [3.8, 4) is 23.0 Å². The van der Waals surface area contributed by atoms with Crippen LogP contribution in [0.1, 0.15) is 16.3 Å². The Balaban J connectivity index is 1.81. The number of ether oxygens (including phenoxy) is 3. The number of thiophene rings is 1. The Hall–Kier alpha value is -2.63. The molecule has 0 atom stereocenters. The molecule has 29 heavy (non-hydrogen) atoms. The fraction of sp³-hybridized carbons (Fsp3) is 0.333. The average molecular weight is 437 g/mol. The van der Waals surface area contributed by atoms with Crippen molar-refractivity contribution in [2.24, 2.45) is 0 Å². The summed E-state index contributed by atoms with van der Waals surface area (Å²) in [4.78, 5) is 5.19.